The van der Waals surface area contributed by atoms with E-state index in [1.807, 2.05) is 31.2 Å². The van der Waals surface area contributed by atoms with E-state index in [0.717, 1.165) is 17.9 Å². The summed E-state index contributed by atoms with van der Waals surface area (Å²) in [6, 6.07) is 9.51. The van der Waals surface area contributed by atoms with E-state index in [-0.39, 0.29) is 12.1 Å². The van der Waals surface area contributed by atoms with Crippen molar-refractivity contribution in [3.05, 3.63) is 36.5 Å². The number of benzene rings is 1. The Kier molecular flexibility index (Phi) is 4.18. The first kappa shape index (κ1) is 13.1. The van der Waals surface area contributed by atoms with E-state index >= 15 is 0 Å². The highest BCUT2D eigenvalue weighted by Crippen LogP contribution is 2.21. The molecule has 1 atom stereocenters. The lowest BCUT2D eigenvalue weighted by atomic mass is 10.2. The Balaban J connectivity index is 2.10. The summed E-state index contributed by atoms with van der Waals surface area (Å²) in [5, 5.41) is 3.17. The number of nitrogen functional groups attached to an aromatic ring is 1. The summed E-state index contributed by atoms with van der Waals surface area (Å²) in [4.78, 5) is 7.94. The molecule has 0 aliphatic carbocycles. The second-order valence-corrected chi connectivity index (χ2v) is 4.29. The molecule has 2 rings (SSSR count). The molecular formula is C14H18N4O. The first-order valence-electron chi connectivity index (χ1n) is 6.29. The first-order chi connectivity index (χ1) is 9.17. The summed E-state index contributed by atoms with van der Waals surface area (Å²) in [6.45, 7) is 4.14. The van der Waals surface area contributed by atoms with E-state index in [1.54, 1.807) is 12.3 Å². The van der Waals surface area contributed by atoms with Gasteiger partial charge in [0.1, 0.15) is 11.6 Å². The third kappa shape index (κ3) is 3.84. The van der Waals surface area contributed by atoms with Crippen LogP contribution < -0.4 is 15.8 Å². The molecule has 100 valence electrons. The number of nitrogens with one attached hydrogen (secondary N) is 1. The van der Waals surface area contributed by atoms with Gasteiger partial charge in [-0.15, -0.1) is 0 Å². The van der Waals surface area contributed by atoms with Crippen molar-refractivity contribution in [3.8, 4) is 5.75 Å². The van der Waals surface area contributed by atoms with E-state index in [1.165, 1.54) is 0 Å². The van der Waals surface area contributed by atoms with Crippen molar-refractivity contribution >= 4 is 17.5 Å². The third-order valence-corrected chi connectivity index (χ3v) is 2.69. The van der Waals surface area contributed by atoms with Crippen LogP contribution in [-0.4, -0.2) is 16.1 Å². The number of hydrogen-bond donors (Lipinski definition) is 2. The molecule has 0 radical (unpaired) electrons. The van der Waals surface area contributed by atoms with Crippen LogP contribution in [0.3, 0.4) is 0 Å². The smallest absolute Gasteiger partial charge is 0.221 e. The average Bonchev–Trinajstić information content (AvgIpc) is 2.39. The van der Waals surface area contributed by atoms with E-state index in [0.29, 0.717) is 5.82 Å². The van der Waals surface area contributed by atoms with Gasteiger partial charge in [0.25, 0.3) is 0 Å². The summed E-state index contributed by atoms with van der Waals surface area (Å²) in [5.41, 5.74) is 6.44. The zero-order valence-corrected chi connectivity index (χ0v) is 11.1. The second-order valence-electron chi connectivity index (χ2n) is 4.29. The fourth-order valence-corrected chi connectivity index (χ4v) is 1.55. The van der Waals surface area contributed by atoms with Crippen LogP contribution in [-0.2, 0) is 0 Å². The Morgan fingerprint density at radius 3 is 2.95 bits per heavy atom. The standard InChI is InChI=1S/C14H18N4O/c1-3-10(2)19-12-6-4-5-11(9-12)17-13-7-8-16-14(15)18-13/h4-10H,3H2,1-2H3,(H3,15,16,17,18). The number of hydrogen-bond acceptors (Lipinski definition) is 5. The van der Waals surface area contributed by atoms with Crippen molar-refractivity contribution in [2.24, 2.45) is 0 Å². The molecule has 3 N–H and O–H groups in total. The molecule has 1 unspecified atom stereocenters. The Hall–Kier alpha value is -2.30. The van der Waals surface area contributed by atoms with Crippen LogP contribution in [0.5, 0.6) is 5.75 Å². The molecule has 0 aliphatic rings. The third-order valence-electron chi connectivity index (χ3n) is 2.69. The number of anilines is 3. The summed E-state index contributed by atoms with van der Waals surface area (Å²) >= 11 is 0. The molecule has 0 saturated heterocycles. The van der Waals surface area contributed by atoms with Gasteiger partial charge in [-0.3, -0.25) is 0 Å². The summed E-state index contributed by atoms with van der Waals surface area (Å²) in [6.07, 6.45) is 2.79. The van der Waals surface area contributed by atoms with Gasteiger partial charge in [0.15, 0.2) is 0 Å². The molecule has 1 heterocycles. The minimum absolute atomic E-state index is 0.199. The molecule has 0 amide bonds. The van der Waals surface area contributed by atoms with Gasteiger partial charge in [-0.25, -0.2) is 4.98 Å². The molecule has 5 heteroatoms. The van der Waals surface area contributed by atoms with E-state index < -0.39 is 0 Å². The van der Waals surface area contributed by atoms with Gasteiger partial charge in [0.05, 0.1) is 6.10 Å². The van der Waals surface area contributed by atoms with Crippen molar-refractivity contribution in [1.82, 2.24) is 9.97 Å². The predicted molar refractivity (Wildman–Crippen MR) is 76.6 cm³/mol. The molecule has 2 aromatic rings. The number of nitrogens with zero attached hydrogens (tertiary/aromatic N) is 2. The fourth-order valence-electron chi connectivity index (χ4n) is 1.55. The largest absolute Gasteiger partial charge is 0.491 e. The van der Waals surface area contributed by atoms with Gasteiger partial charge in [0.2, 0.25) is 5.95 Å². The highest BCUT2D eigenvalue weighted by molar-refractivity contribution is 5.58. The quantitative estimate of drug-likeness (QED) is 0.862. The maximum absolute atomic E-state index is 5.77. The molecule has 5 nitrogen and oxygen atoms in total. The molecule has 0 spiro atoms. The number of ether oxygens (including phenoxy) is 1. The molecule has 0 aliphatic heterocycles. The minimum atomic E-state index is 0.199. The Labute approximate surface area is 112 Å². The van der Waals surface area contributed by atoms with E-state index in [4.69, 9.17) is 10.5 Å². The van der Waals surface area contributed by atoms with Gasteiger partial charge in [-0.2, -0.15) is 4.98 Å². The van der Waals surface area contributed by atoms with Gasteiger partial charge < -0.3 is 15.8 Å². The monoisotopic (exact) mass is 258 g/mol. The zero-order chi connectivity index (χ0) is 13.7. The van der Waals surface area contributed by atoms with Crippen molar-refractivity contribution < 1.29 is 4.74 Å². The normalized spacial score (nSPS) is 11.9. The van der Waals surface area contributed by atoms with E-state index in [9.17, 15) is 0 Å². The minimum Gasteiger partial charge on any atom is -0.491 e. The van der Waals surface area contributed by atoms with Crippen LogP contribution in [0.25, 0.3) is 0 Å². The zero-order valence-electron chi connectivity index (χ0n) is 11.1. The Morgan fingerprint density at radius 1 is 1.37 bits per heavy atom. The van der Waals surface area contributed by atoms with Crippen molar-refractivity contribution in [1.29, 1.82) is 0 Å². The summed E-state index contributed by atoms with van der Waals surface area (Å²) < 4.78 is 5.77. The topological polar surface area (TPSA) is 73.1 Å². The van der Waals surface area contributed by atoms with Crippen LogP contribution in [0, 0.1) is 0 Å². The van der Waals surface area contributed by atoms with Crippen LogP contribution in [0.15, 0.2) is 36.5 Å². The Bertz CT molecular complexity index is 544. The van der Waals surface area contributed by atoms with Crippen LogP contribution in [0.4, 0.5) is 17.5 Å². The fraction of sp³-hybridized carbons (Fsp3) is 0.286. The van der Waals surface area contributed by atoms with Crippen LogP contribution in [0.2, 0.25) is 0 Å². The lowest BCUT2D eigenvalue weighted by molar-refractivity contribution is 0.217. The van der Waals surface area contributed by atoms with Gasteiger partial charge in [-0.1, -0.05) is 13.0 Å². The molecule has 1 aromatic carbocycles. The SMILES string of the molecule is CCC(C)Oc1cccc(Nc2ccnc(N)n2)c1. The van der Waals surface area contributed by atoms with Gasteiger partial charge >= 0.3 is 0 Å². The van der Waals surface area contributed by atoms with Gasteiger partial charge in [0, 0.05) is 18.0 Å². The highest BCUT2D eigenvalue weighted by atomic mass is 16.5. The summed E-state index contributed by atoms with van der Waals surface area (Å²) in [5.74, 6) is 1.74. The van der Waals surface area contributed by atoms with Gasteiger partial charge in [-0.05, 0) is 31.5 Å². The van der Waals surface area contributed by atoms with Crippen LogP contribution >= 0.6 is 0 Å². The maximum Gasteiger partial charge on any atom is 0.221 e. The first-order valence-corrected chi connectivity index (χ1v) is 6.29. The Morgan fingerprint density at radius 2 is 2.21 bits per heavy atom. The predicted octanol–water partition coefficient (Wildman–Crippen LogP) is 2.98. The van der Waals surface area contributed by atoms with E-state index in [2.05, 4.69) is 22.2 Å². The number of rotatable bonds is 5. The molecule has 19 heavy (non-hydrogen) atoms. The summed E-state index contributed by atoms with van der Waals surface area (Å²) in [7, 11) is 0. The van der Waals surface area contributed by atoms with Crippen molar-refractivity contribution in [3.63, 3.8) is 0 Å². The number of nitrogens with two attached hydrogens (primary N) is 1. The van der Waals surface area contributed by atoms with Crippen molar-refractivity contribution in [2.45, 2.75) is 26.4 Å². The molecule has 0 fully saturated rings. The lowest BCUT2D eigenvalue weighted by Crippen LogP contribution is -2.09. The lowest BCUT2D eigenvalue weighted by Gasteiger charge is -2.13. The second kappa shape index (κ2) is 6.04. The maximum atomic E-state index is 5.77. The highest BCUT2D eigenvalue weighted by Gasteiger charge is 2.03. The molecular weight excluding hydrogens is 240 g/mol. The van der Waals surface area contributed by atoms with Crippen LogP contribution in [0.1, 0.15) is 20.3 Å². The molecule has 0 bridgehead atoms. The molecule has 0 saturated carbocycles. The number of aromatic nitrogens is 2. The molecule has 1 aromatic heterocycles. The van der Waals surface area contributed by atoms with Crippen molar-refractivity contribution in [2.75, 3.05) is 11.1 Å². The average molecular weight is 258 g/mol.